The molecule has 0 saturated heterocycles. The Morgan fingerprint density at radius 2 is 1.71 bits per heavy atom. The van der Waals surface area contributed by atoms with Crippen LogP contribution in [0, 0.1) is 0 Å². The summed E-state index contributed by atoms with van der Waals surface area (Å²) in [5.74, 6) is -0.0774. The van der Waals surface area contributed by atoms with E-state index in [-0.39, 0.29) is 11.9 Å². The van der Waals surface area contributed by atoms with Crippen LogP contribution >= 0.6 is 0 Å². The fourth-order valence-corrected chi connectivity index (χ4v) is 2.64. The van der Waals surface area contributed by atoms with Gasteiger partial charge < -0.3 is 4.90 Å². The normalized spacial score (nSPS) is 12.1. The molecule has 2 aromatic carbocycles. The molecule has 3 rings (SSSR count). The molecule has 4 nitrogen and oxygen atoms in total. The predicted octanol–water partition coefficient (Wildman–Crippen LogP) is 4.07. The molecular formula is C20H21N3O. The summed E-state index contributed by atoms with van der Waals surface area (Å²) < 4.78 is 0. The van der Waals surface area contributed by atoms with Crippen LogP contribution in [0.25, 0.3) is 11.0 Å². The van der Waals surface area contributed by atoms with Crippen molar-refractivity contribution in [1.82, 2.24) is 14.9 Å². The number of carbonyl (C=O) groups is 1. The first-order valence-electron chi connectivity index (χ1n) is 8.25. The van der Waals surface area contributed by atoms with E-state index < -0.39 is 0 Å². The monoisotopic (exact) mass is 319 g/mol. The van der Waals surface area contributed by atoms with Gasteiger partial charge in [-0.2, -0.15) is 0 Å². The molecule has 24 heavy (non-hydrogen) atoms. The first-order chi connectivity index (χ1) is 11.7. The lowest BCUT2D eigenvalue weighted by molar-refractivity contribution is 0.0665. The van der Waals surface area contributed by atoms with Crippen molar-refractivity contribution in [3.63, 3.8) is 0 Å². The molecule has 1 heterocycles. The third-order valence-electron chi connectivity index (χ3n) is 4.25. The molecule has 0 bridgehead atoms. The first kappa shape index (κ1) is 16.1. The molecule has 1 aromatic heterocycles. The molecular weight excluding hydrogens is 298 g/mol. The molecule has 122 valence electrons. The number of carbonyl (C=O) groups excluding carboxylic acids is 1. The number of hydrogen-bond donors (Lipinski definition) is 0. The molecule has 1 atom stereocenters. The predicted molar refractivity (Wildman–Crippen MR) is 95.6 cm³/mol. The Morgan fingerprint density at radius 3 is 2.42 bits per heavy atom. The highest BCUT2D eigenvalue weighted by molar-refractivity contribution is 5.94. The highest BCUT2D eigenvalue weighted by Gasteiger charge is 2.22. The van der Waals surface area contributed by atoms with Gasteiger partial charge >= 0.3 is 0 Å². The van der Waals surface area contributed by atoms with Gasteiger partial charge in [0.2, 0.25) is 0 Å². The second-order valence-corrected chi connectivity index (χ2v) is 5.92. The highest BCUT2D eigenvalue weighted by Crippen LogP contribution is 2.16. The Kier molecular flexibility index (Phi) is 4.85. The van der Waals surface area contributed by atoms with Gasteiger partial charge in [0.25, 0.3) is 5.91 Å². The maximum absolute atomic E-state index is 13.0. The maximum Gasteiger partial charge on any atom is 0.274 e. The molecule has 0 aliphatic rings. The average molecular weight is 319 g/mol. The third kappa shape index (κ3) is 3.43. The number of aromatic nitrogens is 2. The molecule has 3 aromatic rings. The summed E-state index contributed by atoms with van der Waals surface area (Å²) >= 11 is 0. The van der Waals surface area contributed by atoms with E-state index in [4.69, 9.17) is 0 Å². The summed E-state index contributed by atoms with van der Waals surface area (Å²) in [6.07, 6.45) is 2.46. The lowest BCUT2D eigenvalue weighted by Gasteiger charge is -2.28. The van der Waals surface area contributed by atoms with Gasteiger partial charge in [0.1, 0.15) is 5.69 Å². The number of rotatable bonds is 5. The van der Waals surface area contributed by atoms with E-state index >= 15 is 0 Å². The van der Waals surface area contributed by atoms with Crippen LogP contribution in [0.15, 0.2) is 60.8 Å². The molecule has 4 heteroatoms. The number of para-hydroxylation sites is 2. The summed E-state index contributed by atoms with van der Waals surface area (Å²) in [7, 11) is 0. The molecule has 0 aliphatic heterocycles. The summed E-state index contributed by atoms with van der Waals surface area (Å²) in [6, 6.07) is 17.8. The van der Waals surface area contributed by atoms with Gasteiger partial charge in [-0.3, -0.25) is 9.78 Å². The lowest BCUT2D eigenvalue weighted by atomic mass is 10.1. The smallest absolute Gasteiger partial charge is 0.274 e. The standard InChI is InChI=1S/C20H21N3O/c1-3-15(2)23(14-16-9-5-4-6-10-16)20(24)19-13-21-17-11-7-8-12-18(17)22-19/h4-13,15H,3,14H2,1-2H3/t15-/m0/s1. The summed E-state index contributed by atoms with van der Waals surface area (Å²) in [5.41, 5.74) is 3.05. The van der Waals surface area contributed by atoms with Crippen LogP contribution in [0.1, 0.15) is 36.3 Å². The van der Waals surface area contributed by atoms with Gasteiger partial charge in [-0.25, -0.2) is 4.98 Å². The van der Waals surface area contributed by atoms with Crippen molar-refractivity contribution in [1.29, 1.82) is 0 Å². The lowest BCUT2D eigenvalue weighted by Crippen LogP contribution is -2.38. The Hall–Kier alpha value is -2.75. The minimum atomic E-state index is -0.0774. The maximum atomic E-state index is 13.0. The summed E-state index contributed by atoms with van der Waals surface area (Å²) in [6.45, 7) is 4.72. The first-order valence-corrected chi connectivity index (χ1v) is 8.25. The Morgan fingerprint density at radius 1 is 1.04 bits per heavy atom. The zero-order chi connectivity index (χ0) is 16.9. The van der Waals surface area contributed by atoms with E-state index in [1.165, 1.54) is 0 Å². The van der Waals surface area contributed by atoms with Gasteiger partial charge in [0.05, 0.1) is 17.2 Å². The molecule has 0 N–H and O–H groups in total. The van der Waals surface area contributed by atoms with Crippen molar-refractivity contribution < 1.29 is 4.79 Å². The van der Waals surface area contributed by atoms with Crippen molar-refractivity contribution >= 4 is 16.9 Å². The van der Waals surface area contributed by atoms with E-state index in [0.29, 0.717) is 12.2 Å². The topological polar surface area (TPSA) is 46.1 Å². The quantitative estimate of drug-likeness (QED) is 0.712. The number of benzene rings is 2. The summed E-state index contributed by atoms with van der Waals surface area (Å²) in [4.78, 5) is 23.8. The minimum Gasteiger partial charge on any atom is -0.330 e. The number of amides is 1. The molecule has 0 unspecified atom stereocenters. The van der Waals surface area contributed by atoms with Crippen LogP contribution in [0.3, 0.4) is 0 Å². The Balaban J connectivity index is 1.91. The SMILES string of the molecule is CC[C@H](C)N(Cc1ccccc1)C(=O)c1cnc2ccccc2n1. The third-order valence-corrected chi connectivity index (χ3v) is 4.25. The molecule has 0 aliphatic carbocycles. The van der Waals surface area contributed by atoms with Crippen LogP contribution in [-0.4, -0.2) is 26.8 Å². The van der Waals surface area contributed by atoms with Gasteiger partial charge in [-0.1, -0.05) is 49.4 Å². The van der Waals surface area contributed by atoms with Crippen molar-refractivity contribution in [2.24, 2.45) is 0 Å². The zero-order valence-electron chi connectivity index (χ0n) is 14.0. The highest BCUT2D eigenvalue weighted by atomic mass is 16.2. The van der Waals surface area contributed by atoms with Crippen LogP contribution in [0.5, 0.6) is 0 Å². The minimum absolute atomic E-state index is 0.0774. The van der Waals surface area contributed by atoms with Crippen LogP contribution < -0.4 is 0 Å². The van der Waals surface area contributed by atoms with Gasteiger partial charge in [0.15, 0.2) is 0 Å². The van der Waals surface area contributed by atoms with Crippen molar-refractivity contribution in [2.75, 3.05) is 0 Å². The second kappa shape index (κ2) is 7.21. The van der Waals surface area contributed by atoms with Crippen molar-refractivity contribution in [2.45, 2.75) is 32.9 Å². The molecule has 0 radical (unpaired) electrons. The van der Waals surface area contributed by atoms with Crippen molar-refractivity contribution in [3.8, 4) is 0 Å². The van der Waals surface area contributed by atoms with E-state index in [9.17, 15) is 4.79 Å². The van der Waals surface area contributed by atoms with Crippen LogP contribution in [0.4, 0.5) is 0 Å². The van der Waals surface area contributed by atoms with Crippen LogP contribution in [-0.2, 0) is 6.54 Å². The fourth-order valence-electron chi connectivity index (χ4n) is 2.64. The number of hydrogen-bond acceptors (Lipinski definition) is 3. The van der Waals surface area contributed by atoms with E-state index in [1.54, 1.807) is 6.20 Å². The van der Waals surface area contributed by atoms with E-state index in [1.807, 2.05) is 59.5 Å². The fraction of sp³-hybridized carbons (Fsp3) is 0.250. The van der Waals surface area contributed by atoms with Crippen LogP contribution in [0.2, 0.25) is 0 Å². The van der Waals surface area contributed by atoms with Gasteiger partial charge in [-0.05, 0) is 31.0 Å². The summed E-state index contributed by atoms with van der Waals surface area (Å²) in [5, 5.41) is 0. The number of nitrogens with zero attached hydrogens (tertiary/aromatic N) is 3. The van der Waals surface area contributed by atoms with Gasteiger partial charge in [0, 0.05) is 12.6 Å². The Bertz CT molecular complexity index is 832. The molecule has 0 saturated carbocycles. The van der Waals surface area contributed by atoms with Crippen molar-refractivity contribution in [3.05, 3.63) is 72.1 Å². The molecule has 0 spiro atoms. The average Bonchev–Trinajstić information content (AvgIpc) is 2.65. The molecule has 0 fully saturated rings. The number of fused-ring (bicyclic) bond motifs is 1. The zero-order valence-corrected chi connectivity index (χ0v) is 14.0. The second-order valence-electron chi connectivity index (χ2n) is 5.92. The molecule has 1 amide bonds. The van der Waals surface area contributed by atoms with E-state index in [2.05, 4.69) is 23.8 Å². The van der Waals surface area contributed by atoms with Gasteiger partial charge in [-0.15, -0.1) is 0 Å². The largest absolute Gasteiger partial charge is 0.330 e. The van der Waals surface area contributed by atoms with E-state index in [0.717, 1.165) is 23.0 Å². The Labute approximate surface area is 142 Å².